The van der Waals surface area contributed by atoms with Crippen molar-refractivity contribution in [3.63, 3.8) is 0 Å². The molecule has 8 nitrogen and oxygen atoms in total. The molecule has 0 aliphatic carbocycles. The summed E-state index contributed by atoms with van der Waals surface area (Å²) in [6.45, 7) is 5.59. The van der Waals surface area contributed by atoms with Gasteiger partial charge in [0.15, 0.2) is 0 Å². The Bertz CT molecular complexity index is 1430. The number of hydrogen-bond donors (Lipinski definition) is 3. The number of likely N-dealkylation sites (N-methyl/N-ethyl adjacent to an activating group) is 2. The molecule has 36 heavy (non-hydrogen) atoms. The Morgan fingerprint density at radius 2 is 2.14 bits per heavy atom. The third-order valence-corrected chi connectivity index (χ3v) is 6.55. The van der Waals surface area contributed by atoms with Crippen LogP contribution in [0.5, 0.6) is 0 Å². The summed E-state index contributed by atoms with van der Waals surface area (Å²) in [4.78, 5) is 21.2. The van der Waals surface area contributed by atoms with E-state index in [0.717, 1.165) is 41.8 Å². The van der Waals surface area contributed by atoms with Gasteiger partial charge in [0.05, 0.1) is 23.1 Å². The van der Waals surface area contributed by atoms with Gasteiger partial charge in [-0.05, 0) is 62.5 Å². The van der Waals surface area contributed by atoms with Gasteiger partial charge in [0, 0.05) is 36.3 Å². The summed E-state index contributed by atoms with van der Waals surface area (Å²) in [5.41, 5.74) is 4.45. The molecular weight excluding hydrogens is 457 g/mol. The van der Waals surface area contributed by atoms with E-state index in [2.05, 4.69) is 56.3 Å². The summed E-state index contributed by atoms with van der Waals surface area (Å²) >= 11 is 0. The molecule has 0 bridgehead atoms. The van der Waals surface area contributed by atoms with Crippen molar-refractivity contribution in [2.24, 2.45) is 0 Å². The van der Waals surface area contributed by atoms with Crippen molar-refractivity contribution < 1.29 is 9.18 Å². The number of anilines is 4. The first kappa shape index (κ1) is 23.5. The van der Waals surface area contributed by atoms with Gasteiger partial charge in [-0.15, -0.1) is 0 Å². The summed E-state index contributed by atoms with van der Waals surface area (Å²) in [5.74, 6) is 0.00329. The molecule has 3 N–H and O–H groups in total. The van der Waals surface area contributed by atoms with Crippen molar-refractivity contribution in [1.29, 1.82) is 0 Å². The average molecular weight is 486 g/mol. The van der Waals surface area contributed by atoms with Crippen LogP contribution in [-0.4, -0.2) is 59.2 Å². The van der Waals surface area contributed by atoms with Crippen LogP contribution < -0.4 is 15.5 Å². The van der Waals surface area contributed by atoms with Crippen molar-refractivity contribution in [1.82, 2.24) is 20.1 Å². The number of halogens is 1. The van der Waals surface area contributed by atoms with E-state index in [9.17, 15) is 9.18 Å². The minimum Gasteiger partial charge on any atom is -0.369 e. The number of aromatic nitrogens is 3. The Labute approximate surface area is 208 Å². The van der Waals surface area contributed by atoms with Gasteiger partial charge in [-0.25, -0.2) is 9.37 Å². The van der Waals surface area contributed by atoms with Gasteiger partial charge in [0.25, 0.3) is 0 Å². The molecule has 0 saturated carbocycles. The smallest absolute Gasteiger partial charge is 0.247 e. The number of fused-ring (bicyclic) bond motifs is 1. The number of hydrogen-bond acceptors (Lipinski definition) is 6. The Hall–Kier alpha value is -4.24. The molecule has 1 aliphatic heterocycles. The molecule has 3 heterocycles. The number of pyridine rings is 1. The number of nitrogens with one attached hydrogen (secondary N) is 3. The number of aromatic amines is 1. The van der Waals surface area contributed by atoms with Crippen LogP contribution in [0, 0.1) is 5.82 Å². The molecule has 1 unspecified atom stereocenters. The summed E-state index contributed by atoms with van der Waals surface area (Å²) in [7, 11) is 4.17. The van der Waals surface area contributed by atoms with Crippen LogP contribution in [0.15, 0.2) is 67.4 Å². The third kappa shape index (κ3) is 4.78. The van der Waals surface area contributed by atoms with E-state index in [-0.39, 0.29) is 11.7 Å². The number of carbonyl (C=O) groups is 1. The van der Waals surface area contributed by atoms with Gasteiger partial charge in [-0.3, -0.25) is 9.89 Å². The fourth-order valence-electron chi connectivity index (χ4n) is 4.62. The molecule has 2 aromatic carbocycles. The molecule has 1 fully saturated rings. The van der Waals surface area contributed by atoms with E-state index < -0.39 is 0 Å². The Kier molecular flexibility index (Phi) is 6.39. The molecule has 184 valence electrons. The fraction of sp³-hybridized carbons (Fsp3) is 0.222. The molecule has 1 saturated heterocycles. The van der Waals surface area contributed by atoms with E-state index in [0.29, 0.717) is 28.8 Å². The minimum absolute atomic E-state index is 0.275. The van der Waals surface area contributed by atoms with Gasteiger partial charge >= 0.3 is 0 Å². The highest BCUT2D eigenvalue weighted by Gasteiger charge is 2.25. The maximum absolute atomic E-state index is 13.8. The second-order valence-electron chi connectivity index (χ2n) is 9.06. The number of benzene rings is 2. The molecule has 2 aromatic heterocycles. The zero-order valence-electron chi connectivity index (χ0n) is 20.3. The maximum atomic E-state index is 13.8. The quantitative estimate of drug-likeness (QED) is 0.327. The zero-order chi connectivity index (χ0) is 25.2. The first-order valence-corrected chi connectivity index (χ1v) is 11.8. The van der Waals surface area contributed by atoms with Crippen molar-refractivity contribution in [2.75, 3.05) is 42.7 Å². The number of amides is 1. The van der Waals surface area contributed by atoms with E-state index in [1.165, 1.54) is 18.2 Å². The Balaban J connectivity index is 1.45. The second-order valence-corrected chi connectivity index (χ2v) is 9.06. The second kappa shape index (κ2) is 9.79. The van der Waals surface area contributed by atoms with Gasteiger partial charge in [-0.1, -0.05) is 18.7 Å². The van der Waals surface area contributed by atoms with E-state index in [1.807, 2.05) is 30.3 Å². The lowest BCUT2D eigenvalue weighted by atomic mass is 10.1. The van der Waals surface area contributed by atoms with Crippen molar-refractivity contribution in [2.45, 2.75) is 12.5 Å². The van der Waals surface area contributed by atoms with Crippen molar-refractivity contribution >= 4 is 39.7 Å². The summed E-state index contributed by atoms with van der Waals surface area (Å²) < 4.78 is 13.8. The predicted molar refractivity (Wildman–Crippen MR) is 142 cm³/mol. The highest BCUT2D eigenvalue weighted by Crippen LogP contribution is 2.33. The SMILES string of the molecule is C=CC(=O)Nc1cc(Nc2cc3c(-c4cccc(F)c4)n[nH]c3cn2)ccc1N(C)C1CCN(C)C1. The van der Waals surface area contributed by atoms with Crippen LogP contribution in [0.4, 0.5) is 27.3 Å². The summed E-state index contributed by atoms with van der Waals surface area (Å²) in [6.07, 6.45) is 4.01. The molecule has 0 spiro atoms. The van der Waals surface area contributed by atoms with E-state index in [1.54, 1.807) is 12.3 Å². The minimum atomic E-state index is -0.320. The molecule has 4 aromatic rings. The Morgan fingerprint density at radius 1 is 1.28 bits per heavy atom. The van der Waals surface area contributed by atoms with Gasteiger partial charge in [-0.2, -0.15) is 5.10 Å². The van der Waals surface area contributed by atoms with E-state index >= 15 is 0 Å². The monoisotopic (exact) mass is 485 g/mol. The van der Waals surface area contributed by atoms with Gasteiger partial charge < -0.3 is 20.4 Å². The van der Waals surface area contributed by atoms with Crippen LogP contribution in [-0.2, 0) is 4.79 Å². The normalized spacial score (nSPS) is 15.7. The van der Waals surface area contributed by atoms with Crippen LogP contribution in [0.3, 0.4) is 0 Å². The van der Waals surface area contributed by atoms with Crippen LogP contribution in [0.2, 0.25) is 0 Å². The van der Waals surface area contributed by atoms with Gasteiger partial charge in [0.1, 0.15) is 17.3 Å². The highest BCUT2D eigenvalue weighted by atomic mass is 19.1. The van der Waals surface area contributed by atoms with Crippen LogP contribution >= 0.6 is 0 Å². The summed E-state index contributed by atoms with van der Waals surface area (Å²) in [6, 6.07) is 14.4. The largest absolute Gasteiger partial charge is 0.369 e. The predicted octanol–water partition coefficient (Wildman–Crippen LogP) is 4.77. The van der Waals surface area contributed by atoms with Crippen LogP contribution in [0.1, 0.15) is 6.42 Å². The number of H-pyrrole nitrogens is 1. The maximum Gasteiger partial charge on any atom is 0.247 e. The fourth-order valence-corrected chi connectivity index (χ4v) is 4.62. The van der Waals surface area contributed by atoms with Gasteiger partial charge in [0.2, 0.25) is 5.91 Å². The average Bonchev–Trinajstić information content (AvgIpc) is 3.50. The molecule has 1 aliphatic rings. The first-order valence-electron chi connectivity index (χ1n) is 11.8. The molecule has 5 rings (SSSR count). The van der Waals surface area contributed by atoms with Crippen molar-refractivity contribution in [3.05, 3.63) is 73.2 Å². The molecule has 9 heteroatoms. The number of nitrogens with zero attached hydrogens (tertiary/aromatic N) is 4. The third-order valence-electron chi connectivity index (χ3n) is 6.55. The first-order chi connectivity index (χ1) is 17.4. The lowest BCUT2D eigenvalue weighted by Crippen LogP contribution is -2.34. The van der Waals surface area contributed by atoms with E-state index in [4.69, 9.17) is 0 Å². The molecule has 1 atom stereocenters. The standard InChI is InChI=1S/C27H28FN7O/c1-4-26(36)31-22-13-19(8-9-24(22)35(3)20-10-11-34(2)16-20)30-25-14-21-23(15-29-25)32-33-27(21)17-6-5-7-18(28)12-17/h4-9,12-15,20H,1,10-11,16H2,2-3H3,(H,29,30)(H,31,36)(H,32,33). The Morgan fingerprint density at radius 3 is 2.89 bits per heavy atom. The summed E-state index contributed by atoms with van der Waals surface area (Å²) in [5, 5.41) is 14.4. The van der Waals surface area contributed by atoms with Crippen LogP contribution in [0.25, 0.3) is 22.2 Å². The van der Waals surface area contributed by atoms with Crippen molar-refractivity contribution in [3.8, 4) is 11.3 Å². The number of likely N-dealkylation sites (tertiary alicyclic amines) is 1. The molecular formula is C27H28FN7O. The molecule has 0 radical (unpaired) electrons. The number of carbonyl (C=O) groups excluding carboxylic acids is 1. The highest BCUT2D eigenvalue weighted by molar-refractivity contribution is 6.02. The number of rotatable bonds is 7. The lowest BCUT2D eigenvalue weighted by Gasteiger charge is -2.29. The zero-order valence-corrected chi connectivity index (χ0v) is 20.3. The topological polar surface area (TPSA) is 89.2 Å². The lowest BCUT2D eigenvalue weighted by molar-refractivity contribution is -0.111. The molecule has 1 amide bonds.